The minimum absolute atomic E-state index is 0.179. The van der Waals surface area contributed by atoms with E-state index in [0.29, 0.717) is 25.0 Å². The lowest BCUT2D eigenvalue weighted by atomic mass is 9.71. The van der Waals surface area contributed by atoms with Crippen LogP contribution in [0, 0.1) is 11.8 Å². The van der Waals surface area contributed by atoms with E-state index >= 15 is 0 Å². The number of hydrogen-bond acceptors (Lipinski definition) is 6. The highest BCUT2D eigenvalue weighted by molar-refractivity contribution is 6.54. The third kappa shape index (κ3) is 7.00. The molecule has 2 aliphatic heterocycles. The maximum Gasteiger partial charge on any atom is 0.490 e. The summed E-state index contributed by atoms with van der Waals surface area (Å²) in [6.45, 7) is 11.7. The smallest absolute Gasteiger partial charge is 0.400 e. The Morgan fingerprint density at radius 1 is 0.917 bits per heavy atom. The highest BCUT2D eigenvalue weighted by atomic mass is 16.7. The second-order valence-corrected chi connectivity index (χ2v) is 11.7. The molecular weight excluding hydrogens is 455 g/mol. The highest BCUT2D eigenvalue weighted by Crippen LogP contribution is 2.41. The lowest BCUT2D eigenvalue weighted by molar-refractivity contribution is -0.183. The lowest BCUT2D eigenvalue weighted by Gasteiger charge is -2.34. The van der Waals surface area contributed by atoms with Crippen molar-refractivity contribution >= 4 is 7.12 Å². The van der Waals surface area contributed by atoms with Crippen LogP contribution < -0.4 is 0 Å². The van der Waals surface area contributed by atoms with Crippen LogP contribution in [0.1, 0.15) is 78.2 Å². The number of benzene rings is 1. The van der Waals surface area contributed by atoms with E-state index in [1.165, 1.54) is 11.0 Å². The molecule has 5 rings (SSSR count). The first-order valence-corrected chi connectivity index (χ1v) is 13.8. The predicted molar refractivity (Wildman–Crippen MR) is 141 cm³/mol. The van der Waals surface area contributed by atoms with E-state index in [2.05, 4.69) is 58.0 Å². The van der Waals surface area contributed by atoms with Gasteiger partial charge in [-0.3, -0.25) is 0 Å². The van der Waals surface area contributed by atoms with Crippen molar-refractivity contribution in [3.05, 3.63) is 47.4 Å². The van der Waals surface area contributed by atoms with Crippen molar-refractivity contribution in [1.82, 2.24) is 0 Å². The Labute approximate surface area is 217 Å². The minimum atomic E-state index is -0.258. The average molecular weight is 500 g/mol. The van der Waals surface area contributed by atoms with Gasteiger partial charge in [-0.1, -0.05) is 36.4 Å². The van der Waals surface area contributed by atoms with E-state index < -0.39 is 0 Å². The van der Waals surface area contributed by atoms with Gasteiger partial charge in [0.1, 0.15) is 0 Å². The molecule has 0 amide bonds. The zero-order chi connectivity index (χ0) is 25.7. The van der Waals surface area contributed by atoms with Crippen molar-refractivity contribution in [3.8, 4) is 0 Å². The van der Waals surface area contributed by atoms with Crippen molar-refractivity contribution < 1.29 is 28.6 Å². The fourth-order valence-electron chi connectivity index (χ4n) is 5.27. The molecule has 7 heteroatoms. The van der Waals surface area contributed by atoms with E-state index in [-0.39, 0.29) is 24.1 Å². The first-order valence-electron chi connectivity index (χ1n) is 13.8. The summed E-state index contributed by atoms with van der Waals surface area (Å²) in [5.74, 6) is 0.814. The SMILES string of the molecule is CC1(C)OB(C2=CCC(COCc3ccccc3)CC2)OC1(C)C.OCC1CCC2(CC1)OCCO2. The Balaban J connectivity index is 0.000000211. The molecule has 0 bridgehead atoms. The van der Waals surface area contributed by atoms with Gasteiger partial charge in [-0.05, 0) is 82.7 Å². The van der Waals surface area contributed by atoms with E-state index in [4.69, 9.17) is 28.6 Å². The number of hydrogen-bond donors (Lipinski definition) is 1. The van der Waals surface area contributed by atoms with Crippen molar-refractivity contribution in [2.75, 3.05) is 26.4 Å². The Kier molecular flexibility index (Phi) is 9.35. The normalized spacial score (nSPS) is 27.0. The quantitative estimate of drug-likeness (QED) is 0.523. The summed E-state index contributed by atoms with van der Waals surface area (Å²) in [5, 5.41) is 8.94. The third-order valence-corrected chi connectivity index (χ3v) is 8.51. The van der Waals surface area contributed by atoms with Gasteiger partial charge in [-0.2, -0.15) is 0 Å². The summed E-state index contributed by atoms with van der Waals surface area (Å²) in [4.78, 5) is 0. The topological polar surface area (TPSA) is 66.4 Å². The zero-order valence-corrected chi connectivity index (χ0v) is 22.7. The maximum absolute atomic E-state index is 8.94. The summed E-state index contributed by atoms with van der Waals surface area (Å²) in [6.07, 6.45) is 9.53. The molecule has 36 heavy (non-hydrogen) atoms. The monoisotopic (exact) mass is 500 g/mol. The van der Waals surface area contributed by atoms with Crippen molar-refractivity contribution in [2.45, 2.75) is 96.2 Å². The van der Waals surface area contributed by atoms with Crippen molar-refractivity contribution in [3.63, 3.8) is 0 Å². The van der Waals surface area contributed by atoms with Crippen LogP contribution in [0.3, 0.4) is 0 Å². The fraction of sp³-hybridized carbons (Fsp3) is 0.724. The first-order chi connectivity index (χ1) is 17.2. The molecule has 1 atom stereocenters. The standard InChI is InChI=1S/C20H29BO3.C9H16O3/c1-19(2)20(3,4)24-21(23-19)18-12-10-17(11-13-18)15-22-14-16-8-6-5-7-9-16;10-7-8-1-3-9(4-2-8)11-5-6-12-9/h5-9,12,17H,10-11,13-15H2,1-4H3;8,10H,1-7H2. The van der Waals surface area contributed by atoms with Gasteiger partial charge < -0.3 is 28.6 Å². The molecule has 1 aromatic rings. The molecule has 2 aliphatic carbocycles. The molecule has 0 radical (unpaired) electrons. The molecule has 3 fully saturated rings. The Hall–Kier alpha value is -1.22. The summed E-state index contributed by atoms with van der Waals surface area (Å²) < 4.78 is 29.3. The lowest BCUT2D eigenvalue weighted by Crippen LogP contribution is -2.41. The molecule has 4 aliphatic rings. The number of allylic oxidation sites excluding steroid dienone is 2. The van der Waals surface area contributed by atoms with Crippen molar-refractivity contribution in [1.29, 1.82) is 0 Å². The van der Waals surface area contributed by atoms with Crippen LogP contribution >= 0.6 is 0 Å². The Bertz CT molecular complexity index is 823. The van der Waals surface area contributed by atoms with Crippen LogP contribution in [-0.2, 0) is 30.1 Å². The van der Waals surface area contributed by atoms with E-state index in [1.54, 1.807) is 0 Å². The first kappa shape index (κ1) is 27.8. The number of aliphatic hydroxyl groups excluding tert-OH is 1. The van der Waals surface area contributed by atoms with E-state index in [9.17, 15) is 0 Å². The summed E-state index contributed by atoms with van der Waals surface area (Å²) in [7, 11) is -0.179. The second-order valence-electron chi connectivity index (χ2n) is 11.7. The van der Waals surface area contributed by atoms with Gasteiger partial charge >= 0.3 is 7.12 Å². The van der Waals surface area contributed by atoms with Gasteiger partial charge in [0.05, 0.1) is 37.6 Å². The number of aliphatic hydroxyl groups is 1. The highest BCUT2D eigenvalue weighted by Gasteiger charge is 2.52. The third-order valence-electron chi connectivity index (χ3n) is 8.51. The summed E-state index contributed by atoms with van der Waals surface area (Å²) >= 11 is 0. The molecular formula is C29H45BO6. The molecule has 0 aromatic heterocycles. The van der Waals surface area contributed by atoms with Gasteiger partial charge in [-0.15, -0.1) is 0 Å². The number of rotatable bonds is 6. The fourth-order valence-corrected chi connectivity index (χ4v) is 5.27. The molecule has 2 heterocycles. The molecule has 2 saturated heterocycles. The summed E-state index contributed by atoms with van der Waals surface area (Å²) in [5.41, 5.74) is 2.03. The molecule has 1 N–H and O–H groups in total. The van der Waals surface area contributed by atoms with Gasteiger partial charge in [0.15, 0.2) is 5.79 Å². The second kappa shape index (κ2) is 12.1. The van der Waals surface area contributed by atoms with Crippen LogP contribution in [0.2, 0.25) is 0 Å². The molecule has 1 spiro atoms. The van der Waals surface area contributed by atoms with Gasteiger partial charge in [0.25, 0.3) is 0 Å². The Morgan fingerprint density at radius 3 is 2.11 bits per heavy atom. The van der Waals surface area contributed by atoms with E-state index in [1.807, 2.05) is 6.07 Å². The Morgan fingerprint density at radius 2 is 1.56 bits per heavy atom. The van der Waals surface area contributed by atoms with Crippen LogP contribution in [0.25, 0.3) is 0 Å². The van der Waals surface area contributed by atoms with Crippen LogP contribution in [0.15, 0.2) is 41.9 Å². The maximum atomic E-state index is 8.94. The van der Waals surface area contributed by atoms with Gasteiger partial charge in [-0.25, -0.2) is 0 Å². The van der Waals surface area contributed by atoms with Gasteiger partial charge in [0, 0.05) is 19.4 Å². The van der Waals surface area contributed by atoms with E-state index in [0.717, 1.165) is 64.8 Å². The average Bonchev–Trinajstić information content (AvgIpc) is 3.41. The molecule has 200 valence electrons. The van der Waals surface area contributed by atoms with Gasteiger partial charge in [0.2, 0.25) is 0 Å². The van der Waals surface area contributed by atoms with Crippen LogP contribution in [0.4, 0.5) is 0 Å². The summed E-state index contributed by atoms with van der Waals surface area (Å²) in [6, 6.07) is 10.4. The largest absolute Gasteiger partial charge is 0.490 e. The molecule has 1 aromatic carbocycles. The predicted octanol–water partition coefficient (Wildman–Crippen LogP) is 5.47. The van der Waals surface area contributed by atoms with Crippen LogP contribution in [-0.4, -0.2) is 55.6 Å². The van der Waals surface area contributed by atoms with Crippen molar-refractivity contribution in [2.24, 2.45) is 11.8 Å². The zero-order valence-electron chi connectivity index (χ0n) is 22.7. The van der Waals surface area contributed by atoms with Crippen LogP contribution in [0.5, 0.6) is 0 Å². The molecule has 1 saturated carbocycles. The molecule has 6 nitrogen and oxygen atoms in total. The number of ether oxygens (including phenoxy) is 3. The molecule has 1 unspecified atom stereocenters. The minimum Gasteiger partial charge on any atom is -0.400 e.